The average Bonchev–Trinajstić information content (AvgIpc) is 2.73. The van der Waals surface area contributed by atoms with Crippen molar-refractivity contribution in [3.8, 4) is 0 Å². The van der Waals surface area contributed by atoms with Gasteiger partial charge in [-0.1, -0.05) is 11.6 Å². The monoisotopic (exact) mass is 414 g/mol. The van der Waals surface area contributed by atoms with E-state index in [0.717, 1.165) is 18.8 Å². The second-order valence-corrected chi connectivity index (χ2v) is 7.82. The van der Waals surface area contributed by atoms with Crippen molar-refractivity contribution in [2.24, 2.45) is 0 Å². The van der Waals surface area contributed by atoms with Crippen molar-refractivity contribution in [2.75, 3.05) is 49.3 Å². The number of carbonyl (C=O) groups is 2. The summed E-state index contributed by atoms with van der Waals surface area (Å²) in [4.78, 5) is 28.5. The van der Waals surface area contributed by atoms with Gasteiger partial charge in [0.25, 0.3) is 5.91 Å². The Kier molecular flexibility index (Phi) is 6.99. The van der Waals surface area contributed by atoms with Crippen LogP contribution in [0, 0.1) is 0 Å². The lowest BCUT2D eigenvalue weighted by Crippen LogP contribution is -2.29. The fourth-order valence-corrected chi connectivity index (χ4v) is 3.55. The Hall–Kier alpha value is -2.73. The zero-order valence-electron chi connectivity index (χ0n) is 16.9. The Labute approximate surface area is 176 Å². The second kappa shape index (κ2) is 9.65. The molecule has 0 aliphatic carbocycles. The molecule has 0 radical (unpaired) electrons. The van der Waals surface area contributed by atoms with Crippen LogP contribution in [-0.4, -0.2) is 50.4 Å². The van der Waals surface area contributed by atoms with Crippen LogP contribution in [-0.2, 0) is 4.79 Å². The number of hydrogen-bond acceptors (Lipinski definition) is 4. The van der Waals surface area contributed by atoms with E-state index < -0.39 is 0 Å². The zero-order chi connectivity index (χ0) is 20.8. The van der Waals surface area contributed by atoms with Crippen molar-refractivity contribution in [1.82, 2.24) is 4.90 Å². The summed E-state index contributed by atoms with van der Waals surface area (Å²) < 4.78 is 0. The smallest absolute Gasteiger partial charge is 0.255 e. The third-order valence-corrected chi connectivity index (χ3v) is 5.16. The summed E-state index contributed by atoms with van der Waals surface area (Å²) in [6, 6.07) is 12.9. The molecule has 0 aromatic heterocycles. The fraction of sp³-hybridized carbons (Fsp3) is 0.364. The summed E-state index contributed by atoms with van der Waals surface area (Å²) in [6.45, 7) is 2.20. The molecular weight excluding hydrogens is 388 g/mol. The highest BCUT2D eigenvalue weighted by Gasteiger charge is 2.15. The van der Waals surface area contributed by atoms with Crippen LogP contribution in [0.2, 0.25) is 5.02 Å². The number of nitrogens with one attached hydrogen (secondary N) is 2. The molecule has 3 rings (SSSR count). The van der Waals surface area contributed by atoms with Gasteiger partial charge in [-0.05, 0) is 61.7 Å². The number of nitrogens with zero attached hydrogens (tertiary/aromatic N) is 2. The second-order valence-electron chi connectivity index (χ2n) is 7.39. The van der Waals surface area contributed by atoms with Crippen molar-refractivity contribution < 1.29 is 9.59 Å². The van der Waals surface area contributed by atoms with E-state index in [1.807, 2.05) is 24.3 Å². The van der Waals surface area contributed by atoms with Crippen LogP contribution >= 0.6 is 11.6 Å². The Morgan fingerprint density at radius 2 is 1.72 bits per heavy atom. The maximum atomic E-state index is 12.4. The molecule has 0 atom stereocenters. The lowest BCUT2D eigenvalue weighted by Gasteiger charge is -2.28. The minimum atomic E-state index is -0.195. The number of hydrogen-bond donors (Lipinski definition) is 2. The molecule has 2 aromatic rings. The number of anilines is 3. The largest absolute Gasteiger partial charge is 0.375 e. The summed E-state index contributed by atoms with van der Waals surface area (Å²) in [5.41, 5.74) is 2.93. The van der Waals surface area contributed by atoms with Crippen LogP contribution in [0.4, 0.5) is 17.1 Å². The first kappa shape index (κ1) is 21.0. The van der Waals surface area contributed by atoms with Gasteiger partial charge in [-0.2, -0.15) is 0 Å². The number of benzene rings is 2. The van der Waals surface area contributed by atoms with Crippen LogP contribution in [0.25, 0.3) is 0 Å². The van der Waals surface area contributed by atoms with Crippen LogP contribution in [0.5, 0.6) is 0 Å². The topological polar surface area (TPSA) is 64.7 Å². The van der Waals surface area contributed by atoms with E-state index >= 15 is 0 Å². The van der Waals surface area contributed by atoms with Gasteiger partial charge in [-0.3, -0.25) is 9.59 Å². The van der Waals surface area contributed by atoms with Gasteiger partial charge < -0.3 is 20.4 Å². The highest BCUT2D eigenvalue weighted by atomic mass is 35.5. The zero-order valence-corrected chi connectivity index (χ0v) is 17.6. The van der Waals surface area contributed by atoms with Crippen molar-refractivity contribution in [1.29, 1.82) is 0 Å². The molecule has 1 fully saturated rings. The number of halogens is 1. The molecule has 1 heterocycles. The third-order valence-electron chi connectivity index (χ3n) is 4.93. The van der Waals surface area contributed by atoms with Gasteiger partial charge in [-0.15, -0.1) is 0 Å². The summed E-state index contributed by atoms with van der Waals surface area (Å²) in [6.07, 6.45) is 3.75. The Bertz CT molecular complexity index is 862. The molecule has 2 amide bonds. The van der Waals surface area contributed by atoms with E-state index in [-0.39, 0.29) is 18.4 Å². The molecule has 1 saturated heterocycles. The minimum absolute atomic E-state index is 0.0297. The maximum absolute atomic E-state index is 12.4. The molecule has 2 N–H and O–H groups in total. The predicted molar refractivity (Wildman–Crippen MR) is 119 cm³/mol. The van der Waals surface area contributed by atoms with Crippen LogP contribution in [0.15, 0.2) is 42.5 Å². The van der Waals surface area contributed by atoms with Crippen molar-refractivity contribution in [3.05, 3.63) is 53.1 Å². The summed E-state index contributed by atoms with van der Waals surface area (Å²) in [5, 5.41) is 6.40. The van der Waals surface area contributed by atoms with E-state index in [0.29, 0.717) is 16.3 Å². The highest BCUT2D eigenvalue weighted by Crippen LogP contribution is 2.23. The first-order valence-electron chi connectivity index (χ1n) is 9.84. The average molecular weight is 415 g/mol. The summed E-state index contributed by atoms with van der Waals surface area (Å²) >= 11 is 6.06. The van der Waals surface area contributed by atoms with Gasteiger partial charge >= 0.3 is 0 Å². The fourth-order valence-electron chi connectivity index (χ4n) is 3.38. The summed E-state index contributed by atoms with van der Waals surface area (Å²) in [7, 11) is 3.36. The molecule has 0 spiro atoms. The molecule has 154 valence electrons. The number of carbonyl (C=O) groups excluding carboxylic acids is 2. The Morgan fingerprint density at radius 3 is 2.38 bits per heavy atom. The first-order chi connectivity index (χ1) is 13.9. The Morgan fingerprint density at radius 1 is 1.03 bits per heavy atom. The molecule has 29 heavy (non-hydrogen) atoms. The van der Waals surface area contributed by atoms with Crippen LogP contribution in [0.3, 0.4) is 0 Å². The van der Waals surface area contributed by atoms with E-state index in [1.165, 1.54) is 29.8 Å². The SMILES string of the molecule is CN(C)C(=O)c1ccc(Cl)cc1NCC(=O)Nc1ccc(N2CCCCC2)cc1. The molecule has 0 saturated carbocycles. The van der Waals surface area contributed by atoms with Crippen molar-refractivity contribution in [2.45, 2.75) is 19.3 Å². The van der Waals surface area contributed by atoms with Gasteiger partial charge in [-0.25, -0.2) is 0 Å². The molecule has 7 heteroatoms. The van der Waals surface area contributed by atoms with Gasteiger partial charge in [0, 0.05) is 49.3 Å². The van der Waals surface area contributed by atoms with Gasteiger partial charge in [0.05, 0.1) is 12.1 Å². The number of rotatable bonds is 6. The van der Waals surface area contributed by atoms with Crippen molar-refractivity contribution in [3.63, 3.8) is 0 Å². The lowest BCUT2D eigenvalue weighted by molar-refractivity contribution is -0.114. The van der Waals surface area contributed by atoms with Crippen LogP contribution < -0.4 is 15.5 Å². The molecule has 0 bridgehead atoms. The minimum Gasteiger partial charge on any atom is -0.375 e. The molecule has 1 aliphatic rings. The molecule has 6 nitrogen and oxygen atoms in total. The highest BCUT2D eigenvalue weighted by molar-refractivity contribution is 6.31. The van der Waals surface area contributed by atoms with Gasteiger partial charge in [0.15, 0.2) is 0 Å². The summed E-state index contributed by atoms with van der Waals surface area (Å²) in [5.74, 6) is -0.350. The van der Waals surface area contributed by atoms with Crippen molar-refractivity contribution >= 4 is 40.5 Å². The first-order valence-corrected chi connectivity index (χ1v) is 10.2. The lowest BCUT2D eigenvalue weighted by atomic mass is 10.1. The maximum Gasteiger partial charge on any atom is 0.255 e. The van der Waals surface area contributed by atoms with Gasteiger partial charge in [0.1, 0.15) is 0 Å². The standard InChI is InChI=1S/C22H27ClN4O2/c1-26(2)22(29)19-11-6-16(23)14-20(19)24-15-21(28)25-17-7-9-18(10-8-17)27-12-4-3-5-13-27/h6-11,14,24H,3-5,12-13,15H2,1-2H3,(H,25,28). The van der Waals surface area contributed by atoms with E-state index in [1.54, 1.807) is 32.3 Å². The number of piperidine rings is 1. The molecular formula is C22H27ClN4O2. The normalized spacial score (nSPS) is 13.7. The molecule has 1 aliphatic heterocycles. The van der Waals surface area contributed by atoms with Gasteiger partial charge in [0.2, 0.25) is 5.91 Å². The Balaban J connectivity index is 1.59. The predicted octanol–water partition coefficient (Wildman–Crippen LogP) is 4.08. The quantitative estimate of drug-likeness (QED) is 0.747. The van der Waals surface area contributed by atoms with E-state index in [2.05, 4.69) is 15.5 Å². The third kappa shape index (κ3) is 5.64. The number of amides is 2. The van der Waals surface area contributed by atoms with E-state index in [4.69, 9.17) is 11.6 Å². The van der Waals surface area contributed by atoms with Crippen LogP contribution in [0.1, 0.15) is 29.6 Å². The van der Waals surface area contributed by atoms with E-state index in [9.17, 15) is 9.59 Å². The molecule has 2 aromatic carbocycles. The molecule has 0 unspecified atom stereocenters.